The summed E-state index contributed by atoms with van der Waals surface area (Å²) in [6, 6.07) is 2.25. The van der Waals surface area contributed by atoms with E-state index in [0.29, 0.717) is 0 Å². The van der Waals surface area contributed by atoms with Gasteiger partial charge in [-0.15, -0.1) is 0 Å². The maximum absolute atomic E-state index is 3.45. The molecule has 1 aromatic rings. The summed E-state index contributed by atoms with van der Waals surface area (Å²) in [6.07, 6.45) is 3.87. The van der Waals surface area contributed by atoms with Gasteiger partial charge in [0, 0.05) is 0 Å². The van der Waals surface area contributed by atoms with E-state index in [0.717, 1.165) is 12.5 Å². The van der Waals surface area contributed by atoms with Gasteiger partial charge in [-0.05, 0) is 54.2 Å². The Morgan fingerprint density at radius 3 is 2.86 bits per heavy atom. The summed E-state index contributed by atoms with van der Waals surface area (Å²) in [4.78, 5) is 0. The zero-order chi connectivity index (χ0) is 10.2. The first kappa shape index (κ1) is 11.7. The molecular weight excluding hydrogens is 190 g/mol. The third kappa shape index (κ3) is 4.25. The summed E-state index contributed by atoms with van der Waals surface area (Å²) < 4.78 is 0. The van der Waals surface area contributed by atoms with Gasteiger partial charge in [0.05, 0.1) is 0 Å². The van der Waals surface area contributed by atoms with Crippen molar-refractivity contribution in [3.63, 3.8) is 0 Å². The molecule has 0 bridgehead atoms. The van der Waals surface area contributed by atoms with Gasteiger partial charge in [0.1, 0.15) is 0 Å². The van der Waals surface area contributed by atoms with Crippen molar-refractivity contribution in [1.82, 2.24) is 5.32 Å². The van der Waals surface area contributed by atoms with Gasteiger partial charge in [-0.1, -0.05) is 20.3 Å². The average Bonchev–Trinajstić information content (AvgIpc) is 2.67. The maximum Gasteiger partial charge on any atom is -0.00174 e. The molecule has 0 fully saturated rings. The fourth-order valence-electron chi connectivity index (χ4n) is 1.78. The van der Waals surface area contributed by atoms with E-state index < -0.39 is 0 Å². The molecule has 0 aliphatic rings. The Morgan fingerprint density at radius 1 is 1.43 bits per heavy atom. The number of hydrogen-bond donors (Lipinski definition) is 1. The molecule has 1 aromatic heterocycles. The van der Waals surface area contributed by atoms with Crippen LogP contribution in [0.5, 0.6) is 0 Å². The van der Waals surface area contributed by atoms with Gasteiger partial charge in [-0.3, -0.25) is 0 Å². The van der Waals surface area contributed by atoms with E-state index in [1.165, 1.54) is 31.4 Å². The van der Waals surface area contributed by atoms with Crippen molar-refractivity contribution >= 4 is 11.3 Å². The summed E-state index contributed by atoms with van der Waals surface area (Å²) in [5.74, 6) is 0.814. The van der Waals surface area contributed by atoms with E-state index in [-0.39, 0.29) is 0 Å². The van der Waals surface area contributed by atoms with Crippen LogP contribution in [0.4, 0.5) is 0 Å². The van der Waals surface area contributed by atoms with Crippen molar-refractivity contribution < 1.29 is 0 Å². The van der Waals surface area contributed by atoms with Crippen LogP contribution in [0.15, 0.2) is 16.8 Å². The zero-order valence-corrected chi connectivity index (χ0v) is 10.1. The Kier molecular flexibility index (Phi) is 5.88. The van der Waals surface area contributed by atoms with E-state index >= 15 is 0 Å². The van der Waals surface area contributed by atoms with Gasteiger partial charge < -0.3 is 5.32 Å². The molecule has 1 rings (SSSR count). The van der Waals surface area contributed by atoms with Crippen molar-refractivity contribution in [2.45, 2.75) is 33.1 Å². The van der Waals surface area contributed by atoms with Crippen LogP contribution in [0.25, 0.3) is 0 Å². The molecule has 0 saturated heterocycles. The molecule has 14 heavy (non-hydrogen) atoms. The molecule has 0 saturated carbocycles. The Hall–Kier alpha value is -0.340. The molecule has 0 aromatic carbocycles. The van der Waals surface area contributed by atoms with Crippen LogP contribution < -0.4 is 5.32 Å². The minimum Gasteiger partial charge on any atom is -0.317 e. The molecule has 0 aliphatic carbocycles. The highest BCUT2D eigenvalue weighted by Gasteiger charge is 2.08. The standard InChI is InChI=1S/C12H21NS/c1-3-5-11(9-13-4-2)8-12-6-7-14-10-12/h6-7,10-11,13H,3-5,8-9H2,1-2H3. The Morgan fingerprint density at radius 2 is 2.29 bits per heavy atom. The lowest BCUT2D eigenvalue weighted by Gasteiger charge is -2.15. The van der Waals surface area contributed by atoms with Gasteiger partial charge in [0.2, 0.25) is 0 Å². The van der Waals surface area contributed by atoms with Crippen LogP contribution in [0.3, 0.4) is 0 Å². The summed E-state index contributed by atoms with van der Waals surface area (Å²) in [6.45, 7) is 6.70. The fraction of sp³-hybridized carbons (Fsp3) is 0.667. The predicted molar refractivity (Wildman–Crippen MR) is 65.0 cm³/mol. The first-order valence-corrected chi connectivity index (χ1v) is 6.52. The second-order valence-corrected chi connectivity index (χ2v) is 4.58. The van der Waals surface area contributed by atoms with E-state index in [1.807, 2.05) is 0 Å². The van der Waals surface area contributed by atoms with E-state index in [1.54, 1.807) is 11.3 Å². The number of rotatable bonds is 7. The molecule has 0 amide bonds. The normalized spacial score (nSPS) is 13.0. The van der Waals surface area contributed by atoms with Crippen molar-refractivity contribution in [3.05, 3.63) is 22.4 Å². The Balaban J connectivity index is 2.34. The highest BCUT2D eigenvalue weighted by Crippen LogP contribution is 2.15. The minimum absolute atomic E-state index is 0.814. The van der Waals surface area contributed by atoms with Crippen LogP contribution >= 0.6 is 11.3 Å². The maximum atomic E-state index is 3.45. The highest BCUT2D eigenvalue weighted by atomic mass is 32.1. The second kappa shape index (κ2) is 7.02. The molecule has 1 nitrogen and oxygen atoms in total. The number of thiophene rings is 1. The topological polar surface area (TPSA) is 12.0 Å². The molecule has 2 heteroatoms. The molecule has 1 N–H and O–H groups in total. The average molecular weight is 211 g/mol. The van der Waals surface area contributed by atoms with Gasteiger partial charge in [-0.25, -0.2) is 0 Å². The van der Waals surface area contributed by atoms with Crippen molar-refractivity contribution in [1.29, 1.82) is 0 Å². The molecule has 80 valence electrons. The molecule has 0 radical (unpaired) electrons. The van der Waals surface area contributed by atoms with Crippen LogP contribution in [0.1, 0.15) is 32.3 Å². The van der Waals surface area contributed by atoms with Crippen molar-refractivity contribution in [2.75, 3.05) is 13.1 Å². The lowest BCUT2D eigenvalue weighted by molar-refractivity contribution is 0.445. The van der Waals surface area contributed by atoms with Crippen LogP contribution in [-0.2, 0) is 6.42 Å². The third-order valence-corrected chi connectivity index (χ3v) is 3.22. The quantitative estimate of drug-likeness (QED) is 0.729. The zero-order valence-electron chi connectivity index (χ0n) is 9.25. The number of hydrogen-bond acceptors (Lipinski definition) is 2. The molecule has 0 aliphatic heterocycles. The van der Waals surface area contributed by atoms with E-state index in [9.17, 15) is 0 Å². The largest absolute Gasteiger partial charge is 0.317 e. The molecule has 1 unspecified atom stereocenters. The fourth-order valence-corrected chi connectivity index (χ4v) is 2.46. The lowest BCUT2D eigenvalue weighted by Crippen LogP contribution is -2.23. The third-order valence-electron chi connectivity index (χ3n) is 2.48. The van der Waals surface area contributed by atoms with E-state index in [2.05, 4.69) is 36.0 Å². The van der Waals surface area contributed by atoms with Gasteiger partial charge in [0.15, 0.2) is 0 Å². The Bertz CT molecular complexity index is 218. The molecular formula is C12H21NS. The summed E-state index contributed by atoms with van der Waals surface area (Å²) >= 11 is 1.80. The highest BCUT2D eigenvalue weighted by molar-refractivity contribution is 7.07. The summed E-state index contributed by atoms with van der Waals surface area (Å²) in [5, 5.41) is 7.89. The van der Waals surface area contributed by atoms with Crippen molar-refractivity contribution in [2.24, 2.45) is 5.92 Å². The number of nitrogens with one attached hydrogen (secondary N) is 1. The van der Waals surface area contributed by atoms with Crippen LogP contribution in [0.2, 0.25) is 0 Å². The van der Waals surface area contributed by atoms with E-state index in [4.69, 9.17) is 0 Å². The molecule has 1 heterocycles. The Labute approximate surface area is 91.5 Å². The van der Waals surface area contributed by atoms with Crippen LogP contribution in [0, 0.1) is 5.92 Å². The van der Waals surface area contributed by atoms with Gasteiger partial charge in [0.25, 0.3) is 0 Å². The molecule has 1 atom stereocenters. The van der Waals surface area contributed by atoms with Gasteiger partial charge >= 0.3 is 0 Å². The minimum atomic E-state index is 0.814. The smallest absolute Gasteiger partial charge is 0.00174 e. The first-order chi connectivity index (χ1) is 6.86. The van der Waals surface area contributed by atoms with Crippen LogP contribution in [-0.4, -0.2) is 13.1 Å². The van der Waals surface area contributed by atoms with Gasteiger partial charge in [-0.2, -0.15) is 11.3 Å². The first-order valence-electron chi connectivity index (χ1n) is 5.58. The SMILES string of the molecule is CCCC(CNCC)Cc1ccsc1. The summed E-state index contributed by atoms with van der Waals surface area (Å²) in [5.41, 5.74) is 1.51. The molecule has 0 spiro atoms. The second-order valence-electron chi connectivity index (χ2n) is 3.80. The predicted octanol–water partition coefficient (Wildman–Crippen LogP) is 3.32. The monoisotopic (exact) mass is 211 g/mol. The lowest BCUT2D eigenvalue weighted by atomic mass is 9.96. The summed E-state index contributed by atoms with van der Waals surface area (Å²) in [7, 11) is 0. The van der Waals surface area contributed by atoms with Crippen molar-refractivity contribution in [3.8, 4) is 0 Å².